The van der Waals surface area contributed by atoms with E-state index < -0.39 is 0 Å². The number of hydrogen-bond acceptors (Lipinski definition) is 2. The van der Waals surface area contributed by atoms with E-state index in [9.17, 15) is 0 Å². The van der Waals surface area contributed by atoms with Crippen LogP contribution in [0.4, 0.5) is 0 Å². The van der Waals surface area contributed by atoms with E-state index in [4.69, 9.17) is 0 Å². The highest BCUT2D eigenvalue weighted by Crippen LogP contribution is 2.13. The summed E-state index contributed by atoms with van der Waals surface area (Å²) in [5.41, 5.74) is 2.95. The molecule has 0 aliphatic heterocycles. The summed E-state index contributed by atoms with van der Waals surface area (Å²) in [4.78, 5) is 0. The monoisotopic (exact) mass is 301 g/mol. The van der Waals surface area contributed by atoms with Crippen molar-refractivity contribution < 1.29 is 0 Å². The minimum Gasteiger partial charge on any atom is -0.314 e. The molecule has 0 amide bonds. The molecule has 1 atom stereocenters. The van der Waals surface area contributed by atoms with Crippen LogP contribution < -0.4 is 5.32 Å². The lowest BCUT2D eigenvalue weighted by molar-refractivity contribution is 0.442. The Morgan fingerprint density at radius 2 is 1.86 bits per heavy atom. The molecule has 0 radical (unpaired) electrons. The van der Waals surface area contributed by atoms with Crippen molar-refractivity contribution >= 4 is 11.3 Å². The van der Waals surface area contributed by atoms with E-state index >= 15 is 0 Å². The van der Waals surface area contributed by atoms with Crippen molar-refractivity contribution in [3.63, 3.8) is 0 Å². The molecule has 0 aliphatic rings. The third-order valence-electron chi connectivity index (χ3n) is 3.91. The molecule has 114 valence electrons. The van der Waals surface area contributed by atoms with Gasteiger partial charge in [-0.15, -0.1) is 0 Å². The second kappa shape index (κ2) is 9.75. The number of benzene rings is 1. The molecular formula is C19H27NS. The van der Waals surface area contributed by atoms with Gasteiger partial charge in [0.05, 0.1) is 0 Å². The highest BCUT2D eigenvalue weighted by atomic mass is 32.1. The molecule has 0 saturated heterocycles. The van der Waals surface area contributed by atoms with Gasteiger partial charge in [0.15, 0.2) is 0 Å². The Kier molecular flexibility index (Phi) is 7.55. The van der Waals surface area contributed by atoms with Crippen molar-refractivity contribution in [2.75, 3.05) is 6.54 Å². The second-order valence-electron chi connectivity index (χ2n) is 5.70. The van der Waals surface area contributed by atoms with Gasteiger partial charge in [-0.1, -0.05) is 37.3 Å². The van der Waals surface area contributed by atoms with Crippen LogP contribution in [0.25, 0.3) is 0 Å². The predicted octanol–water partition coefficient (Wildman–Crippen LogP) is 5.07. The summed E-state index contributed by atoms with van der Waals surface area (Å²) in [7, 11) is 0. The summed E-state index contributed by atoms with van der Waals surface area (Å²) in [6.45, 7) is 3.38. The summed E-state index contributed by atoms with van der Waals surface area (Å²) < 4.78 is 0. The molecule has 0 saturated carbocycles. The fourth-order valence-electron chi connectivity index (χ4n) is 2.67. The van der Waals surface area contributed by atoms with Gasteiger partial charge in [0.2, 0.25) is 0 Å². The summed E-state index contributed by atoms with van der Waals surface area (Å²) in [5, 5.41) is 8.18. The van der Waals surface area contributed by atoms with Crippen molar-refractivity contribution in [2.24, 2.45) is 0 Å². The van der Waals surface area contributed by atoms with Gasteiger partial charge in [-0.3, -0.25) is 0 Å². The minimum atomic E-state index is 0.661. The van der Waals surface area contributed by atoms with Gasteiger partial charge in [0, 0.05) is 6.04 Å². The normalized spacial score (nSPS) is 12.4. The Labute approximate surface area is 133 Å². The Balaban J connectivity index is 1.73. The molecule has 1 unspecified atom stereocenters. The number of rotatable bonds is 10. The van der Waals surface area contributed by atoms with Crippen LogP contribution in [0.1, 0.15) is 43.7 Å². The first-order valence-electron chi connectivity index (χ1n) is 8.17. The number of hydrogen-bond donors (Lipinski definition) is 1. The Bertz CT molecular complexity index is 464. The Morgan fingerprint density at radius 3 is 2.57 bits per heavy atom. The van der Waals surface area contributed by atoms with E-state index in [0.717, 1.165) is 6.54 Å². The average Bonchev–Trinajstić information content (AvgIpc) is 3.04. The van der Waals surface area contributed by atoms with Gasteiger partial charge in [-0.2, -0.15) is 11.3 Å². The first-order valence-corrected chi connectivity index (χ1v) is 9.11. The molecule has 2 heteroatoms. The molecule has 1 N–H and O–H groups in total. The minimum absolute atomic E-state index is 0.661. The van der Waals surface area contributed by atoms with E-state index in [2.05, 4.69) is 59.4 Å². The first-order chi connectivity index (χ1) is 10.4. The SMILES string of the molecule is CCCNC(CCCc1ccccc1)CCc1ccsc1. The molecular weight excluding hydrogens is 274 g/mol. The summed E-state index contributed by atoms with van der Waals surface area (Å²) in [6, 6.07) is 13.8. The van der Waals surface area contributed by atoms with Crippen LogP contribution in [0.2, 0.25) is 0 Å². The van der Waals surface area contributed by atoms with Crippen LogP contribution in [0.3, 0.4) is 0 Å². The second-order valence-corrected chi connectivity index (χ2v) is 6.48. The average molecular weight is 301 g/mol. The van der Waals surface area contributed by atoms with Crippen LogP contribution in [-0.4, -0.2) is 12.6 Å². The summed E-state index contributed by atoms with van der Waals surface area (Å²) in [6.07, 6.45) is 7.42. The third-order valence-corrected chi connectivity index (χ3v) is 4.64. The molecule has 1 nitrogen and oxygen atoms in total. The Hall–Kier alpha value is -1.12. The van der Waals surface area contributed by atoms with E-state index in [1.54, 1.807) is 11.3 Å². The zero-order valence-electron chi connectivity index (χ0n) is 13.1. The molecule has 0 aliphatic carbocycles. The lowest BCUT2D eigenvalue weighted by Crippen LogP contribution is -2.30. The molecule has 1 heterocycles. The zero-order chi connectivity index (χ0) is 14.8. The lowest BCUT2D eigenvalue weighted by atomic mass is 10.00. The van der Waals surface area contributed by atoms with Crippen LogP contribution in [0.5, 0.6) is 0 Å². The van der Waals surface area contributed by atoms with Gasteiger partial charge in [0.25, 0.3) is 0 Å². The standard InChI is InChI=1S/C19H27NS/c1-2-14-20-19(12-11-18-13-15-21-16-18)10-6-9-17-7-4-3-5-8-17/h3-5,7-8,13,15-16,19-20H,2,6,9-12,14H2,1H3. The molecule has 1 aromatic carbocycles. The van der Waals surface area contributed by atoms with Gasteiger partial charge < -0.3 is 5.32 Å². The van der Waals surface area contributed by atoms with E-state index in [-0.39, 0.29) is 0 Å². The lowest BCUT2D eigenvalue weighted by Gasteiger charge is -2.18. The topological polar surface area (TPSA) is 12.0 Å². The highest BCUT2D eigenvalue weighted by Gasteiger charge is 2.08. The first kappa shape index (κ1) is 16.3. The van der Waals surface area contributed by atoms with E-state index in [1.165, 1.54) is 49.7 Å². The molecule has 0 spiro atoms. The van der Waals surface area contributed by atoms with Crippen molar-refractivity contribution in [1.29, 1.82) is 0 Å². The van der Waals surface area contributed by atoms with Crippen LogP contribution >= 0.6 is 11.3 Å². The molecule has 0 fully saturated rings. The summed E-state index contributed by atoms with van der Waals surface area (Å²) in [5.74, 6) is 0. The molecule has 0 bridgehead atoms. The van der Waals surface area contributed by atoms with Crippen molar-refractivity contribution in [2.45, 2.75) is 51.5 Å². The number of thiophene rings is 1. The van der Waals surface area contributed by atoms with Crippen LogP contribution in [0, 0.1) is 0 Å². The fraction of sp³-hybridized carbons (Fsp3) is 0.474. The fourth-order valence-corrected chi connectivity index (χ4v) is 3.37. The Morgan fingerprint density at radius 1 is 1.00 bits per heavy atom. The van der Waals surface area contributed by atoms with E-state index in [0.29, 0.717) is 6.04 Å². The largest absolute Gasteiger partial charge is 0.314 e. The van der Waals surface area contributed by atoms with Gasteiger partial charge in [0.1, 0.15) is 0 Å². The van der Waals surface area contributed by atoms with E-state index in [1.807, 2.05) is 0 Å². The molecule has 2 aromatic rings. The number of nitrogens with one attached hydrogen (secondary N) is 1. The van der Waals surface area contributed by atoms with Crippen molar-refractivity contribution in [1.82, 2.24) is 5.32 Å². The quantitative estimate of drug-likeness (QED) is 0.646. The molecule has 21 heavy (non-hydrogen) atoms. The maximum absolute atomic E-state index is 3.72. The highest BCUT2D eigenvalue weighted by molar-refractivity contribution is 7.07. The van der Waals surface area contributed by atoms with Crippen LogP contribution in [0.15, 0.2) is 47.2 Å². The predicted molar refractivity (Wildman–Crippen MR) is 94.1 cm³/mol. The smallest absolute Gasteiger partial charge is 0.00703 e. The van der Waals surface area contributed by atoms with Gasteiger partial charge in [-0.25, -0.2) is 0 Å². The van der Waals surface area contributed by atoms with Crippen molar-refractivity contribution in [3.05, 3.63) is 58.3 Å². The maximum Gasteiger partial charge on any atom is 0.00703 e. The van der Waals surface area contributed by atoms with Gasteiger partial charge in [-0.05, 0) is 73.0 Å². The van der Waals surface area contributed by atoms with Crippen LogP contribution in [-0.2, 0) is 12.8 Å². The van der Waals surface area contributed by atoms with Gasteiger partial charge >= 0.3 is 0 Å². The summed E-state index contributed by atoms with van der Waals surface area (Å²) >= 11 is 1.80. The maximum atomic E-state index is 3.72. The number of aryl methyl sites for hydroxylation is 2. The molecule has 2 rings (SSSR count). The molecule has 1 aromatic heterocycles. The zero-order valence-corrected chi connectivity index (χ0v) is 13.9. The third kappa shape index (κ3) is 6.45. The van der Waals surface area contributed by atoms with Crippen molar-refractivity contribution in [3.8, 4) is 0 Å².